The molecule has 0 spiro atoms. The Hall–Kier alpha value is -1.22. The lowest BCUT2D eigenvalue weighted by Gasteiger charge is -2.20. The molecule has 0 aliphatic carbocycles. The number of halogens is 1. The molecule has 1 aromatic carbocycles. The first-order valence-corrected chi connectivity index (χ1v) is 4.98. The normalized spacial score (nSPS) is 11.1. The molecular weight excluding hydrogens is 214 g/mol. The summed E-state index contributed by atoms with van der Waals surface area (Å²) in [5, 5.41) is 0.526. The van der Waals surface area contributed by atoms with Gasteiger partial charge in [-0.05, 0) is 26.0 Å². The lowest BCUT2D eigenvalue weighted by molar-refractivity contribution is -0.127. The third-order valence-electron chi connectivity index (χ3n) is 2.09. The van der Waals surface area contributed by atoms with Crippen LogP contribution in [-0.4, -0.2) is 12.5 Å². The first-order chi connectivity index (χ1) is 6.93. The van der Waals surface area contributed by atoms with E-state index in [4.69, 9.17) is 22.1 Å². The standard InChI is InChI=1S/C11H14ClNO2/c1-11(2,10(13)14)7-15-9-6-4-3-5-8(9)12/h3-6H,7H2,1-2H3,(H2,13,14). The van der Waals surface area contributed by atoms with Gasteiger partial charge in [-0.2, -0.15) is 0 Å². The van der Waals surface area contributed by atoms with Gasteiger partial charge in [0.2, 0.25) is 5.91 Å². The van der Waals surface area contributed by atoms with E-state index in [2.05, 4.69) is 0 Å². The van der Waals surface area contributed by atoms with E-state index in [1.54, 1.807) is 26.0 Å². The van der Waals surface area contributed by atoms with Crippen LogP contribution in [0.25, 0.3) is 0 Å². The maximum absolute atomic E-state index is 11.0. The minimum Gasteiger partial charge on any atom is -0.491 e. The molecular formula is C11H14ClNO2. The molecule has 0 aromatic heterocycles. The number of ether oxygens (including phenoxy) is 1. The van der Waals surface area contributed by atoms with Crippen LogP contribution in [0, 0.1) is 5.41 Å². The fourth-order valence-electron chi connectivity index (χ4n) is 0.891. The molecule has 0 aliphatic heterocycles. The van der Waals surface area contributed by atoms with Crippen molar-refractivity contribution in [2.75, 3.05) is 6.61 Å². The molecule has 0 heterocycles. The molecule has 82 valence electrons. The minimum atomic E-state index is -0.695. The van der Waals surface area contributed by atoms with Gasteiger partial charge in [0.05, 0.1) is 10.4 Å². The summed E-state index contributed by atoms with van der Waals surface area (Å²) in [4.78, 5) is 11.0. The van der Waals surface area contributed by atoms with E-state index in [0.717, 1.165) is 0 Å². The van der Waals surface area contributed by atoms with Gasteiger partial charge in [-0.15, -0.1) is 0 Å². The summed E-state index contributed by atoms with van der Waals surface area (Å²) in [6.45, 7) is 3.67. The first-order valence-electron chi connectivity index (χ1n) is 4.61. The second-order valence-electron chi connectivity index (χ2n) is 3.97. The smallest absolute Gasteiger partial charge is 0.226 e. The summed E-state index contributed by atoms with van der Waals surface area (Å²) in [6, 6.07) is 7.11. The fraction of sp³-hybridized carbons (Fsp3) is 0.364. The van der Waals surface area contributed by atoms with Crippen molar-refractivity contribution in [1.29, 1.82) is 0 Å². The third-order valence-corrected chi connectivity index (χ3v) is 2.40. The quantitative estimate of drug-likeness (QED) is 0.858. The summed E-state index contributed by atoms with van der Waals surface area (Å²) < 4.78 is 5.43. The lowest BCUT2D eigenvalue weighted by Crippen LogP contribution is -2.36. The average molecular weight is 228 g/mol. The topological polar surface area (TPSA) is 52.3 Å². The van der Waals surface area contributed by atoms with Crippen LogP contribution < -0.4 is 10.5 Å². The number of primary amides is 1. The molecule has 1 rings (SSSR count). The lowest BCUT2D eigenvalue weighted by atomic mass is 9.94. The Balaban J connectivity index is 2.66. The van der Waals surface area contributed by atoms with Crippen LogP contribution in [0.2, 0.25) is 5.02 Å². The predicted molar refractivity (Wildman–Crippen MR) is 59.9 cm³/mol. The second kappa shape index (κ2) is 4.53. The van der Waals surface area contributed by atoms with Crippen LogP contribution >= 0.6 is 11.6 Å². The Bertz CT molecular complexity index is 363. The van der Waals surface area contributed by atoms with Gasteiger partial charge < -0.3 is 10.5 Å². The molecule has 2 N–H and O–H groups in total. The number of carbonyl (C=O) groups excluding carboxylic acids is 1. The highest BCUT2D eigenvalue weighted by Gasteiger charge is 2.26. The zero-order chi connectivity index (χ0) is 11.5. The SMILES string of the molecule is CC(C)(COc1ccccc1Cl)C(N)=O. The molecule has 0 fully saturated rings. The van der Waals surface area contributed by atoms with E-state index in [-0.39, 0.29) is 6.61 Å². The van der Waals surface area contributed by atoms with Crippen molar-refractivity contribution >= 4 is 17.5 Å². The van der Waals surface area contributed by atoms with Crippen molar-refractivity contribution in [3.05, 3.63) is 29.3 Å². The van der Waals surface area contributed by atoms with Crippen molar-refractivity contribution in [2.45, 2.75) is 13.8 Å². The van der Waals surface area contributed by atoms with Gasteiger partial charge in [-0.1, -0.05) is 23.7 Å². The molecule has 1 aromatic rings. The molecule has 0 saturated heterocycles. The highest BCUT2D eigenvalue weighted by Crippen LogP contribution is 2.25. The fourth-order valence-corrected chi connectivity index (χ4v) is 1.08. The molecule has 3 nitrogen and oxygen atoms in total. The summed E-state index contributed by atoms with van der Waals surface area (Å²) in [5.41, 5.74) is 4.53. The number of amides is 1. The summed E-state index contributed by atoms with van der Waals surface area (Å²) in [5.74, 6) is 0.169. The first kappa shape index (κ1) is 11.9. The molecule has 4 heteroatoms. The monoisotopic (exact) mass is 227 g/mol. The highest BCUT2D eigenvalue weighted by atomic mass is 35.5. The largest absolute Gasteiger partial charge is 0.491 e. The molecule has 15 heavy (non-hydrogen) atoms. The zero-order valence-electron chi connectivity index (χ0n) is 8.79. The minimum absolute atomic E-state index is 0.214. The van der Waals surface area contributed by atoms with E-state index in [1.807, 2.05) is 12.1 Å². The summed E-state index contributed by atoms with van der Waals surface area (Å²) in [7, 11) is 0. The zero-order valence-corrected chi connectivity index (χ0v) is 9.54. The van der Waals surface area contributed by atoms with Gasteiger partial charge in [-0.3, -0.25) is 4.79 Å². The molecule has 0 saturated carbocycles. The van der Waals surface area contributed by atoms with Gasteiger partial charge in [-0.25, -0.2) is 0 Å². The van der Waals surface area contributed by atoms with Crippen LogP contribution in [0.1, 0.15) is 13.8 Å². The Morgan fingerprint density at radius 2 is 2.07 bits per heavy atom. The highest BCUT2D eigenvalue weighted by molar-refractivity contribution is 6.32. The van der Waals surface area contributed by atoms with E-state index >= 15 is 0 Å². The van der Waals surface area contributed by atoms with E-state index in [0.29, 0.717) is 10.8 Å². The van der Waals surface area contributed by atoms with Crippen LogP contribution in [0.5, 0.6) is 5.75 Å². The van der Waals surface area contributed by atoms with Crippen LogP contribution in [0.3, 0.4) is 0 Å². The van der Waals surface area contributed by atoms with Gasteiger partial charge in [0, 0.05) is 0 Å². The Morgan fingerprint density at radius 1 is 1.47 bits per heavy atom. The summed E-state index contributed by atoms with van der Waals surface area (Å²) >= 11 is 5.89. The summed E-state index contributed by atoms with van der Waals surface area (Å²) in [6.07, 6.45) is 0. The number of para-hydroxylation sites is 1. The number of carbonyl (C=O) groups is 1. The third kappa shape index (κ3) is 3.13. The van der Waals surface area contributed by atoms with Crippen molar-refractivity contribution in [1.82, 2.24) is 0 Å². The van der Waals surface area contributed by atoms with Crippen LogP contribution in [-0.2, 0) is 4.79 Å². The number of hydrogen-bond acceptors (Lipinski definition) is 2. The van der Waals surface area contributed by atoms with Gasteiger partial charge >= 0.3 is 0 Å². The predicted octanol–water partition coefficient (Wildman–Crippen LogP) is 2.23. The molecule has 0 radical (unpaired) electrons. The van der Waals surface area contributed by atoms with E-state index in [1.165, 1.54) is 0 Å². The van der Waals surface area contributed by atoms with Gasteiger partial charge in [0.25, 0.3) is 0 Å². The molecule has 0 unspecified atom stereocenters. The Labute approximate surface area is 94.2 Å². The van der Waals surface area contributed by atoms with Gasteiger partial charge in [0.15, 0.2) is 0 Å². The average Bonchev–Trinajstić information content (AvgIpc) is 2.16. The Kier molecular flexibility index (Phi) is 3.58. The van der Waals surface area contributed by atoms with Crippen molar-refractivity contribution in [2.24, 2.45) is 11.1 Å². The number of benzene rings is 1. The number of hydrogen-bond donors (Lipinski definition) is 1. The molecule has 0 bridgehead atoms. The van der Waals surface area contributed by atoms with E-state index in [9.17, 15) is 4.79 Å². The van der Waals surface area contributed by atoms with Crippen molar-refractivity contribution in [3.8, 4) is 5.75 Å². The Morgan fingerprint density at radius 3 is 2.60 bits per heavy atom. The maximum Gasteiger partial charge on any atom is 0.226 e. The molecule has 0 atom stereocenters. The van der Waals surface area contributed by atoms with Crippen molar-refractivity contribution < 1.29 is 9.53 Å². The second-order valence-corrected chi connectivity index (χ2v) is 4.37. The molecule has 1 amide bonds. The maximum atomic E-state index is 11.0. The van der Waals surface area contributed by atoms with E-state index < -0.39 is 11.3 Å². The van der Waals surface area contributed by atoms with Crippen molar-refractivity contribution in [3.63, 3.8) is 0 Å². The molecule has 0 aliphatic rings. The van der Waals surface area contributed by atoms with Crippen LogP contribution in [0.4, 0.5) is 0 Å². The number of nitrogens with two attached hydrogens (primary N) is 1. The van der Waals surface area contributed by atoms with Gasteiger partial charge in [0.1, 0.15) is 12.4 Å². The number of rotatable bonds is 4. The van der Waals surface area contributed by atoms with Crippen LogP contribution in [0.15, 0.2) is 24.3 Å².